The summed E-state index contributed by atoms with van der Waals surface area (Å²) in [6, 6.07) is 7.42. The Morgan fingerprint density at radius 3 is 2.11 bits per heavy atom. The molecule has 0 spiro atoms. The molecule has 1 fully saturated rings. The minimum atomic E-state index is -0.555. The van der Waals surface area contributed by atoms with Gasteiger partial charge in [-0.1, -0.05) is 31.9 Å². The van der Waals surface area contributed by atoms with E-state index in [4.69, 9.17) is 0 Å². The first-order chi connectivity index (χ1) is 8.43. The first-order valence-corrected chi connectivity index (χ1v) is 7.99. The first-order valence-electron chi connectivity index (χ1n) is 5.08. The van der Waals surface area contributed by atoms with Gasteiger partial charge in [0.25, 0.3) is 11.8 Å². The van der Waals surface area contributed by atoms with E-state index >= 15 is 0 Å². The van der Waals surface area contributed by atoms with Crippen LogP contribution in [0.4, 0.5) is 5.69 Å². The van der Waals surface area contributed by atoms with Crippen molar-refractivity contribution in [3.05, 3.63) is 27.8 Å². The van der Waals surface area contributed by atoms with Gasteiger partial charge in [0.15, 0.2) is 0 Å². The van der Waals surface area contributed by atoms with Crippen molar-refractivity contribution in [3.63, 3.8) is 0 Å². The van der Waals surface area contributed by atoms with Crippen LogP contribution in [0.1, 0.15) is 0 Å². The minimum absolute atomic E-state index is 0.157. The van der Waals surface area contributed by atoms with Gasteiger partial charge in [0, 0.05) is 10.6 Å². The van der Waals surface area contributed by atoms with Crippen molar-refractivity contribution in [2.24, 2.45) is 0 Å². The predicted molar refractivity (Wildman–Crippen MR) is 84.8 cm³/mol. The van der Waals surface area contributed by atoms with Crippen molar-refractivity contribution in [1.82, 2.24) is 5.01 Å². The molecule has 2 amide bonds. The fourth-order valence-corrected chi connectivity index (χ4v) is 2.98. The molecule has 0 radical (unpaired) electrons. The largest absolute Gasteiger partial charge is 0.272 e. The molecule has 1 aliphatic rings. The Hall–Kier alpha value is -0.150. The molecule has 0 bridgehead atoms. The lowest BCUT2D eigenvalue weighted by Crippen LogP contribution is -2.60. The SMILES string of the molecule is CN1C(=O)C(Br)C(Br)C(=O)N1c1ccc(I)cc1. The lowest BCUT2D eigenvalue weighted by Gasteiger charge is -2.39. The van der Waals surface area contributed by atoms with E-state index in [1.54, 1.807) is 7.05 Å². The van der Waals surface area contributed by atoms with Gasteiger partial charge in [-0.05, 0) is 46.9 Å². The van der Waals surface area contributed by atoms with Crippen molar-refractivity contribution in [1.29, 1.82) is 0 Å². The van der Waals surface area contributed by atoms with Gasteiger partial charge in [-0.25, -0.2) is 10.0 Å². The minimum Gasteiger partial charge on any atom is -0.272 e. The number of hydrazine groups is 1. The first kappa shape index (κ1) is 14.3. The van der Waals surface area contributed by atoms with Gasteiger partial charge >= 0.3 is 0 Å². The zero-order valence-electron chi connectivity index (χ0n) is 9.31. The molecule has 2 unspecified atom stereocenters. The second-order valence-electron chi connectivity index (χ2n) is 3.79. The Balaban J connectivity index is 2.39. The van der Waals surface area contributed by atoms with Crippen LogP contribution < -0.4 is 5.01 Å². The topological polar surface area (TPSA) is 40.6 Å². The predicted octanol–water partition coefficient (Wildman–Crippen LogP) is 2.54. The van der Waals surface area contributed by atoms with Crippen LogP contribution >= 0.6 is 54.5 Å². The Bertz CT molecular complexity index is 494. The Labute approximate surface area is 135 Å². The molecule has 1 aromatic rings. The number of hydrogen-bond donors (Lipinski definition) is 0. The van der Waals surface area contributed by atoms with Crippen LogP contribution in [0, 0.1) is 3.57 Å². The molecule has 0 aromatic heterocycles. The molecule has 2 rings (SSSR count). The normalized spacial score (nSPS) is 24.7. The summed E-state index contributed by atoms with van der Waals surface area (Å²) < 4.78 is 1.07. The molecular weight excluding hydrogens is 479 g/mol. The molecule has 0 aliphatic carbocycles. The van der Waals surface area contributed by atoms with Crippen LogP contribution in [0.25, 0.3) is 0 Å². The second kappa shape index (κ2) is 5.46. The summed E-state index contributed by atoms with van der Waals surface area (Å²) in [4.78, 5) is 23.1. The average Bonchev–Trinajstić information content (AvgIpc) is 2.36. The van der Waals surface area contributed by atoms with Crippen LogP contribution in [0.3, 0.4) is 0 Å². The summed E-state index contributed by atoms with van der Waals surface area (Å²) in [6.07, 6.45) is 0. The van der Waals surface area contributed by atoms with Gasteiger partial charge in [0.2, 0.25) is 0 Å². The van der Waals surface area contributed by atoms with Crippen LogP contribution in [0.5, 0.6) is 0 Å². The van der Waals surface area contributed by atoms with Gasteiger partial charge in [-0.2, -0.15) is 0 Å². The summed E-state index contributed by atoms with van der Waals surface area (Å²) in [5.74, 6) is -0.324. The van der Waals surface area contributed by atoms with E-state index in [0.717, 1.165) is 3.57 Å². The second-order valence-corrected chi connectivity index (χ2v) is 7.01. The van der Waals surface area contributed by atoms with Crippen LogP contribution in [0.15, 0.2) is 24.3 Å². The fraction of sp³-hybridized carbons (Fsp3) is 0.273. The highest BCUT2D eigenvalue weighted by molar-refractivity contribution is 14.1. The maximum atomic E-state index is 12.2. The third kappa shape index (κ3) is 2.44. The lowest BCUT2D eigenvalue weighted by molar-refractivity contribution is -0.139. The average molecular weight is 488 g/mol. The molecule has 4 nitrogen and oxygen atoms in total. The summed E-state index contributed by atoms with van der Waals surface area (Å²) in [6.45, 7) is 0. The number of carbonyl (C=O) groups is 2. The quantitative estimate of drug-likeness (QED) is 0.451. The summed E-state index contributed by atoms with van der Waals surface area (Å²) >= 11 is 8.67. The van der Waals surface area contributed by atoms with Gasteiger partial charge in [-0.15, -0.1) is 0 Å². The monoisotopic (exact) mass is 486 g/mol. The lowest BCUT2D eigenvalue weighted by atomic mass is 10.2. The molecule has 2 atom stereocenters. The summed E-state index contributed by atoms with van der Waals surface area (Å²) in [5.41, 5.74) is 0.681. The number of carbonyl (C=O) groups excluding carboxylic acids is 2. The molecule has 7 heteroatoms. The van der Waals surface area contributed by atoms with E-state index in [9.17, 15) is 9.59 Å². The highest BCUT2D eigenvalue weighted by Gasteiger charge is 2.43. The number of hydrogen-bond acceptors (Lipinski definition) is 2. The zero-order valence-corrected chi connectivity index (χ0v) is 14.6. The van der Waals surface area contributed by atoms with Gasteiger partial charge in [0.1, 0.15) is 9.65 Å². The molecule has 1 aromatic carbocycles. The maximum absolute atomic E-state index is 12.2. The summed E-state index contributed by atoms with van der Waals surface area (Å²) in [7, 11) is 1.59. The number of halogens is 3. The van der Waals surface area contributed by atoms with Gasteiger partial charge in [-0.3, -0.25) is 9.59 Å². The Morgan fingerprint density at radius 2 is 1.56 bits per heavy atom. The number of benzene rings is 1. The smallest absolute Gasteiger partial charge is 0.261 e. The van der Waals surface area contributed by atoms with Crippen molar-refractivity contribution in [2.75, 3.05) is 12.1 Å². The number of alkyl halides is 2. The molecule has 1 saturated heterocycles. The molecule has 1 heterocycles. The summed E-state index contributed by atoms with van der Waals surface area (Å²) in [5, 5.41) is 2.72. The van der Waals surface area contributed by atoms with E-state index in [1.807, 2.05) is 24.3 Å². The third-order valence-corrected chi connectivity index (χ3v) is 5.90. The van der Waals surface area contributed by atoms with E-state index < -0.39 is 9.65 Å². The number of anilines is 1. The zero-order chi connectivity index (χ0) is 13.4. The van der Waals surface area contributed by atoms with Gasteiger partial charge in [0.05, 0.1) is 5.69 Å². The standard InChI is InChI=1S/C11H9Br2IN2O2/c1-15-10(17)8(12)9(13)11(18)16(15)7-4-2-6(14)3-5-7/h2-5,8-9H,1H3. The van der Waals surface area contributed by atoms with Crippen molar-refractivity contribution in [2.45, 2.75) is 9.65 Å². The molecular formula is C11H9Br2IN2O2. The van der Waals surface area contributed by atoms with Crippen LogP contribution in [-0.4, -0.2) is 33.5 Å². The Kier molecular flexibility index (Phi) is 4.32. The number of rotatable bonds is 1. The fourth-order valence-electron chi connectivity index (χ4n) is 1.67. The highest BCUT2D eigenvalue weighted by Crippen LogP contribution is 2.29. The van der Waals surface area contributed by atoms with Crippen molar-refractivity contribution < 1.29 is 9.59 Å². The molecule has 96 valence electrons. The highest BCUT2D eigenvalue weighted by atomic mass is 127. The van der Waals surface area contributed by atoms with E-state index in [2.05, 4.69) is 54.5 Å². The van der Waals surface area contributed by atoms with E-state index in [-0.39, 0.29) is 11.8 Å². The molecule has 1 aliphatic heterocycles. The van der Waals surface area contributed by atoms with Crippen LogP contribution in [0.2, 0.25) is 0 Å². The number of amides is 2. The van der Waals surface area contributed by atoms with Crippen molar-refractivity contribution in [3.8, 4) is 0 Å². The van der Waals surface area contributed by atoms with E-state index in [1.165, 1.54) is 10.0 Å². The molecule has 18 heavy (non-hydrogen) atoms. The Morgan fingerprint density at radius 1 is 1.06 bits per heavy atom. The van der Waals surface area contributed by atoms with Gasteiger partial charge < -0.3 is 0 Å². The third-order valence-electron chi connectivity index (χ3n) is 2.63. The molecule has 0 saturated carbocycles. The number of nitrogens with zero attached hydrogens (tertiary/aromatic N) is 2. The van der Waals surface area contributed by atoms with Crippen molar-refractivity contribution >= 4 is 72.0 Å². The molecule has 0 N–H and O–H groups in total. The maximum Gasteiger partial charge on any atom is 0.261 e. The van der Waals surface area contributed by atoms with Crippen LogP contribution in [-0.2, 0) is 9.59 Å². The van der Waals surface area contributed by atoms with E-state index in [0.29, 0.717) is 5.69 Å².